The van der Waals surface area contributed by atoms with E-state index < -0.39 is 0 Å². The standard InChI is InChI=1S/C11H24ClN/c1-10(2)6-9-13(11(3)4)8-5-7-12/h10-11H,5-9H2,1-4H3. The maximum absolute atomic E-state index is 5.69. The molecule has 0 heterocycles. The van der Waals surface area contributed by atoms with E-state index in [1.165, 1.54) is 13.0 Å². The lowest BCUT2D eigenvalue weighted by Gasteiger charge is -2.26. The Hall–Kier alpha value is 0.250. The molecule has 0 rings (SSSR count). The van der Waals surface area contributed by atoms with Gasteiger partial charge >= 0.3 is 0 Å². The second-order valence-corrected chi connectivity index (χ2v) is 4.73. The summed E-state index contributed by atoms with van der Waals surface area (Å²) in [6.07, 6.45) is 2.40. The lowest BCUT2D eigenvalue weighted by molar-refractivity contribution is 0.210. The van der Waals surface area contributed by atoms with Crippen LogP contribution in [0.25, 0.3) is 0 Å². The van der Waals surface area contributed by atoms with E-state index in [4.69, 9.17) is 11.6 Å². The first kappa shape index (κ1) is 13.2. The van der Waals surface area contributed by atoms with Crippen molar-refractivity contribution in [2.45, 2.75) is 46.6 Å². The molecule has 0 aromatic carbocycles. The predicted molar refractivity (Wildman–Crippen MR) is 61.5 cm³/mol. The highest BCUT2D eigenvalue weighted by Crippen LogP contribution is 2.06. The van der Waals surface area contributed by atoms with Crippen molar-refractivity contribution >= 4 is 11.6 Å². The molecule has 13 heavy (non-hydrogen) atoms. The van der Waals surface area contributed by atoms with Crippen LogP contribution >= 0.6 is 11.6 Å². The zero-order valence-corrected chi connectivity index (χ0v) is 10.3. The lowest BCUT2D eigenvalue weighted by atomic mass is 10.1. The van der Waals surface area contributed by atoms with Gasteiger partial charge in [-0.25, -0.2) is 0 Å². The Labute approximate surface area is 88.5 Å². The summed E-state index contributed by atoms with van der Waals surface area (Å²) >= 11 is 5.69. The van der Waals surface area contributed by atoms with Crippen LogP contribution in [0.2, 0.25) is 0 Å². The topological polar surface area (TPSA) is 3.24 Å². The molecule has 0 bridgehead atoms. The van der Waals surface area contributed by atoms with Gasteiger partial charge < -0.3 is 4.90 Å². The van der Waals surface area contributed by atoms with E-state index in [0.29, 0.717) is 6.04 Å². The largest absolute Gasteiger partial charge is 0.301 e. The molecule has 80 valence electrons. The Morgan fingerprint density at radius 3 is 2.08 bits per heavy atom. The van der Waals surface area contributed by atoms with Crippen LogP contribution in [-0.4, -0.2) is 29.9 Å². The third kappa shape index (κ3) is 7.33. The van der Waals surface area contributed by atoms with Gasteiger partial charge in [-0.05, 0) is 45.7 Å². The number of alkyl halides is 1. The monoisotopic (exact) mass is 205 g/mol. The van der Waals surface area contributed by atoms with Gasteiger partial charge in [-0.2, -0.15) is 0 Å². The molecule has 0 unspecified atom stereocenters. The summed E-state index contributed by atoms with van der Waals surface area (Å²) in [5.41, 5.74) is 0. The fourth-order valence-corrected chi connectivity index (χ4v) is 1.43. The van der Waals surface area contributed by atoms with Crippen molar-refractivity contribution < 1.29 is 0 Å². The Morgan fingerprint density at radius 2 is 1.69 bits per heavy atom. The average molecular weight is 206 g/mol. The van der Waals surface area contributed by atoms with Gasteiger partial charge in [0.1, 0.15) is 0 Å². The first-order valence-electron chi connectivity index (χ1n) is 5.38. The first-order chi connectivity index (χ1) is 6.07. The van der Waals surface area contributed by atoms with Crippen molar-refractivity contribution in [1.29, 1.82) is 0 Å². The third-order valence-corrected chi connectivity index (χ3v) is 2.57. The highest BCUT2D eigenvalue weighted by Gasteiger charge is 2.08. The predicted octanol–water partition coefficient (Wildman–Crippen LogP) is 3.37. The number of nitrogens with zero attached hydrogens (tertiary/aromatic N) is 1. The quantitative estimate of drug-likeness (QED) is 0.577. The molecule has 0 saturated heterocycles. The van der Waals surface area contributed by atoms with Crippen LogP contribution in [0, 0.1) is 5.92 Å². The molecular weight excluding hydrogens is 182 g/mol. The summed E-state index contributed by atoms with van der Waals surface area (Å²) < 4.78 is 0. The molecule has 0 fully saturated rings. The molecule has 0 N–H and O–H groups in total. The van der Waals surface area contributed by atoms with Crippen molar-refractivity contribution in [3.8, 4) is 0 Å². The summed E-state index contributed by atoms with van der Waals surface area (Å²) in [6.45, 7) is 11.4. The smallest absolute Gasteiger partial charge is 0.0235 e. The number of hydrogen-bond acceptors (Lipinski definition) is 1. The van der Waals surface area contributed by atoms with Crippen LogP contribution < -0.4 is 0 Å². The van der Waals surface area contributed by atoms with E-state index in [1.54, 1.807) is 0 Å². The number of halogens is 1. The molecule has 0 amide bonds. The second-order valence-electron chi connectivity index (χ2n) is 4.35. The van der Waals surface area contributed by atoms with Crippen LogP contribution in [0.4, 0.5) is 0 Å². The normalized spacial score (nSPS) is 12.0. The van der Waals surface area contributed by atoms with E-state index in [-0.39, 0.29) is 0 Å². The molecule has 0 aromatic heterocycles. The molecule has 0 aliphatic rings. The summed E-state index contributed by atoms with van der Waals surface area (Å²) in [4.78, 5) is 2.52. The van der Waals surface area contributed by atoms with E-state index in [9.17, 15) is 0 Å². The fourth-order valence-electron chi connectivity index (χ4n) is 1.32. The summed E-state index contributed by atoms with van der Waals surface area (Å²) in [5, 5.41) is 0. The van der Waals surface area contributed by atoms with Crippen LogP contribution in [-0.2, 0) is 0 Å². The summed E-state index contributed by atoms with van der Waals surface area (Å²) in [5.74, 6) is 1.59. The van der Waals surface area contributed by atoms with Crippen molar-refractivity contribution in [2.24, 2.45) is 5.92 Å². The minimum atomic E-state index is 0.655. The van der Waals surface area contributed by atoms with Crippen molar-refractivity contribution in [3.05, 3.63) is 0 Å². The number of rotatable bonds is 7. The fraction of sp³-hybridized carbons (Fsp3) is 1.00. The van der Waals surface area contributed by atoms with Gasteiger partial charge in [-0.15, -0.1) is 11.6 Å². The van der Waals surface area contributed by atoms with Gasteiger partial charge in [0, 0.05) is 11.9 Å². The molecule has 0 aromatic rings. The molecular formula is C11H24ClN. The van der Waals surface area contributed by atoms with Crippen molar-refractivity contribution in [3.63, 3.8) is 0 Å². The van der Waals surface area contributed by atoms with Crippen LogP contribution in [0.15, 0.2) is 0 Å². The van der Waals surface area contributed by atoms with Crippen LogP contribution in [0.3, 0.4) is 0 Å². The Balaban J connectivity index is 3.67. The number of hydrogen-bond donors (Lipinski definition) is 0. The Morgan fingerprint density at radius 1 is 1.08 bits per heavy atom. The maximum atomic E-state index is 5.69. The van der Waals surface area contributed by atoms with Crippen molar-refractivity contribution in [1.82, 2.24) is 4.90 Å². The van der Waals surface area contributed by atoms with E-state index in [0.717, 1.165) is 24.8 Å². The summed E-state index contributed by atoms with van der Waals surface area (Å²) in [6, 6.07) is 0.655. The molecule has 1 nitrogen and oxygen atoms in total. The minimum absolute atomic E-state index is 0.655. The first-order valence-corrected chi connectivity index (χ1v) is 5.91. The SMILES string of the molecule is CC(C)CCN(CCCCl)C(C)C. The van der Waals surface area contributed by atoms with E-state index in [1.807, 2.05) is 0 Å². The van der Waals surface area contributed by atoms with E-state index >= 15 is 0 Å². The molecule has 0 radical (unpaired) electrons. The molecule has 0 aliphatic carbocycles. The molecule has 2 heteroatoms. The third-order valence-electron chi connectivity index (χ3n) is 2.30. The highest BCUT2D eigenvalue weighted by molar-refractivity contribution is 6.17. The van der Waals surface area contributed by atoms with Crippen LogP contribution in [0.1, 0.15) is 40.5 Å². The minimum Gasteiger partial charge on any atom is -0.301 e. The Bertz CT molecular complexity index is 113. The molecule has 0 spiro atoms. The van der Waals surface area contributed by atoms with Gasteiger partial charge in [-0.3, -0.25) is 0 Å². The van der Waals surface area contributed by atoms with Gasteiger partial charge in [0.2, 0.25) is 0 Å². The van der Waals surface area contributed by atoms with Gasteiger partial charge in [0.25, 0.3) is 0 Å². The van der Waals surface area contributed by atoms with Gasteiger partial charge in [-0.1, -0.05) is 13.8 Å². The second kappa shape index (κ2) is 7.64. The summed E-state index contributed by atoms with van der Waals surface area (Å²) in [7, 11) is 0. The molecule has 0 aliphatic heterocycles. The van der Waals surface area contributed by atoms with Gasteiger partial charge in [0.15, 0.2) is 0 Å². The average Bonchev–Trinajstić information content (AvgIpc) is 2.03. The highest BCUT2D eigenvalue weighted by atomic mass is 35.5. The van der Waals surface area contributed by atoms with Crippen molar-refractivity contribution in [2.75, 3.05) is 19.0 Å². The zero-order chi connectivity index (χ0) is 10.3. The molecule has 0 saturated carbocycles. The van der Waals surface area contributed by atoms with E-state index in [2.05, 4.69) is 32.6 Å². The van der Waals surface area contributed by atoms with Gasteiger partial charge in [0.05, 0.1) is 0 Å². The Kier molecular flexibility index (Phi) is 7.78. The maximum Gasteiger partial charge on any atom is 0.0235 e. The molecule has 0 atom stereocenters. The lowest BCUT2D eigenvalue weighted by Crippen LogP contribution is -2.33. The van der Waals surface area contributed by atoms with Crippen LogP contribution in [0.5, 0.6) is 0 Å². The zero-order valence-electron chi connectivity index (χ0n) is 9.52.